The van der Waals surface area contributed by atoms with Crippen LogP contribution in [-0.4, -0.2) is 36.5 Å². The molecule has 3 N–H and O–H groups in total. The first-order valence-electron chi connectivity index (χ1n) is 5.05. The zero-order chi connectivity index (χ0) is 12.8. The second-order valence-electron chi connectivity index (χ2n) is 4.38. The average Bonchev–Trinajstić information content (AvgIpc) is 2.88. The van der Waals surface area contributed by atoms with Crippen LogP contribution in [0.25, 0.3) is 0 Å². The molecule has 1 aromatic rings. The summed E-state index contributed by atoms with van der Waals surface area (Å²) in [5.74, 6) is -1.95. The molecule has 3 atom stereocenters. The van der Waals surface area contributed by atoms with E-state index < -0.39 is 32.5 Å². The average molecular weight is 255 g/mol. The summed E-state index contributed by atoms with van der Waals surface area (Å²) in [5.41, 5.74) is 4.66. The molecule has 1 saturated carbocycles. The van der Waals surface area contributed by atoms with Crippen LogP contribution in [0.5, 0.6) is 0 Å². The summed E-state index contributed by atoms with van der Waals surface area (Å²) in [6, 6.07) is 8.63. The van der Waals surface area contributed by atoms with Crippen molar-refractivity contribution in [3.8, 4) is 0 Å². The third kappa shape index (κ3) is 1.73. The molecule has 1 aliphatic carbocycles. The van der Waals surface area contributed by atoms with Gasteiger partial charge in [0.1, 0.15) is 5.54 Å². The van der Waals surface area contributed by atoms with Gasteiger partial charge in [-0.3, -0.25) is 4.79 Å². The molecule has 0 radical (unpaired) electrons. The molecule has 0 bridgehead atoms. The quantitative estimate of drug-likeness (QED) is 0.791. The third-order valence-electron chi connectivity index (χ3n) is 3.17. The molecule has 2 rings (SSSR count). The van der Waals surface area contributed by atoms with Gasteiger partial charge in [0.25, 0.3) is 0 Å². The van der Waals surface area contributed by atoms with Crippen molar-refractivity contribution in [3.05, 3.63) is 35.9 Å². The largest absolute Gasteiger partial charge is 0.480 e. The molecule has 0 heterocycles. The van der Waals surface area contributed by atoms with E-state index in [4.69, 9.17) is 10.8 Å². The predicted molar refractivity (Wildman–Crippen MR) is 62.4 cm³/mol. The molecule has 5 nitrogen and oxygen atoms in total. The summed E-state index contributed by atoms with van der Waals surface area (Å²) in [7, 11) is -3.49. The highest BCUT2D eigenvalue weighted by Gasteiger charge is 2.73. The van der Waals surface area contributed by atoms with Crippen LogP contribution in [0.15, 0.2) is 30.3 Å². The molecule has 0 aliphatic heterocycles. The van der Waals surface area contributed by atoms with Crippen molar-refractivity contribution in [2.75, 3.05) is 6.26 Å². The van der Waals surface area contributed by atoms with Gasteiger partial charge in [0.2, 0.25) is 0 Å². The maximum absolute atomic E-state index is 11.6. The molecule has 0 amide bonds. The summed E-state index contributed by atoms with van der Waals surface area (Å²) in [5, 5.41) is 8.04. The van der Waals surface area contributed by atoms with E-state index in [9.17, 15) is 13.2 Å². The lowest BCUT2D eigenvalue weighted by atomic mass is 10.1. The molecule has 6 heteroatoms. The number of carboxylic acids is 1. The van der Waals surface area contributed by atoms with Crippen molar-refractivity contribution in [1.29, 1.82) is 0 Å². The second kappa shape index (κ2) is 3.54. The van der Waals surface area contributed by atoms with Crippen LogP contribution >= 0.6 is 0 Å². The molecule has 92 valence electrons. The lowest BCUT2D eigenvalue weighted by Crippen LogP contribution is -2.39. The maximum Gasteiger partial charge on any atom is 0.325 e. The van der Waals surface area contributed by atoms with Crippen LogP contribution in [-0.2, 0) is 14.6 Å². The fraction of sp³-hybridized carbons (Fsp3) is 0.364. The Morgan fingerprint density at radius 2 is 1.88 bits per heavy atom. The first-order valence-corrected chi connectivity index (χ1v) is 7.01. The van der Waals surface area contributed by atoms with Gasteiger partial charge in [0.15, 0.2) is 9.84 Å². The maximum atomic E-state index is 11.6. The Hall–Kier alpha value is -1.40. The minimum absolute atomic E-state index is 0.646. The van der Waals surface area contributed by atoms with Crippen molar-refractivity contribution in [3.63, 3.8) is 0 Å². The van der Waals surface area contributed by atoms with Crippen LogP contribution < -0.4 is 5.73 Å². The lowest BCUT2D eigenvalue weighted by Gasteiger charge is -2.04. The van der Waals surface area contributed by atoms with Gasteiger partial charge < -0.3 is 10.8 Å². The van der Waals surface area contributed by atoms with Crippen LogP contribution in [0.1, 0.15) is 11.5 Å². The molecule has 1 fully saturated rings. The van der Waals surface area contributed by atoms with Gasteiger partial charge in [0, 0.05) is 12.2 Å². The number of hydrogen-bond donors (Lipinski definition) is 2. The van der Waals surface area contributed by atoms with Crippen molar-refractivity contribution in [2.45, 2.75) is 16.7 Å². The van der Waals surface area contributed by atoms with Gasteiger partial charge in [-0.1, -0.05) is 30.3 Å². The highest BCUT2D eigenvalue weighted by atomic mass is 32.2. The topological polar surface area (TPSA) is 97.5 Å². The van der Waals surface area contributed by atoms with E-state index in [0.29, 0.717) is 5.56 Å². The van der Waals surface area contributed by atoms with Gasteiger partial charge >= 0.3 is 5.97 Å². The van der Waals surface area contributed by atoms with Crippen molar-refractivity contribution < 1.29 is 18.3 Å². The van der Waals surface area contributed by atoms with Gasteiger partial charge in [-0.25, -0.2) is 8.42 Å². The SMILES string of the molecule is CS(=O)(=O)C1C(c2ccccc2)C1(N)C(=O)O. The van der Waals surface area contributed by atoms with E-state index >= 15 is 0 Å². The summed E-state index contributed by atoms with van der Waals surface area (Å²) < 4.78 is 23.1. The Kier molecular flexibility index (Phi) is 2.52. The fourth-order valence-electron chi connectivity index (χ4n) is 2.34. The number of hydrogen-bond acceptors (Lipinski definition) is 4. The summed E-state index contributed by atoms with van der Waals surface area (Å²) in [6.45, 7) is 0. The number of benzene rings is 1. The standard InChI is InChI=1S/C11H13NO4S/c1-17(15,16)9-8(11(9,12)10(13)14)7-5-3-2-4-6-7/h2-6,8-9H,12H2,1H3,(H,13,14). The van der Waals surface area contributed by atoms with E-state index in [1.54, 1.807) is 30.3 Å². The lowest BCUT2D eigenvalue weighted by molar-refractivity contribution is -0.139. The summed E-state index contributed by atoms with van der Waals surface area (Å²) in [6.07, 6.45) is 1.02. The van der Waals surface area contributed by atoms with Crippen LogP contribution in [0.3, 0.4) is 0 Å². The number of aliphatic carboxylic acids is 1. The molecule has 0 aromatic heterocycles. The van der Waals surface area contributed by atoms with Crippen LogP contribution in [0, 0.1) is 0 Å². The summed E-state index contributed by atoms with van der Waals surface area (Å²) in [4.78, 5) is 11.1. The Labute approximate surface area is 99.2 Å². The molecular weight excluding hydrogens is 242 g/mol. The number of carbonyl (C=O) groups is 1. The van der Waals surface area contributed by atoms with Gasteiger partial charge in [0.05, 0.1) is 5.25 Å². The Balaban J connectivity index is 2.46. The number of rotatable bonds is 3. The molecular formula is C11H13NO4S. The van der Waals surface area contributed by atoms with Crippen LogP contribution in [0.4, 0.5) is 0 Å². The van der Waals surface area contributed by atoms with E-state index in [-0.39, 0.29) is 0 Å². The molecule has 17 heavy (non-hydrogen) atoms. The Bertz CT molecular complexity index is 554. The van der Waals surface area contributed by atoms with Gasteiger partial charge in [-0.15, -0.1) is 0 Å². The molecule has 1 aromatic carbocycles. The van der Waals surface area contributed by atoms with E-state index in [2.05, 4.69) is 0 Å². The van der Waals surface area contributed by atoms with Gasteiger partial charge in [-0.2, -0.15) is 0 Å². The molecule has 1 aliphatic rings. The second-order valence-corrected chi connectivity index (χ2v) is 6.54. The highest BCUT2D eigenvalue weighted by Crippen LogP contribution is 2.53. The zero-order valence-corrected chi connectivity index (χ0v) is 10.0. The fourth-order valence-corrected chi connectivity index (χ4v) is 4.10. The first-order chi connectivity index (χ1) is 7.79. The monoisotopic (exact) mass is 255 g/mol. The Morgan fingerprint density at radius 3 is 2.24 bits per heavy atom. The minimum atomic E-state index is -3.49. The Morgan fingerprint density at radius 1 is 1.35 bits per heavy atom. The number of carboxylic acid groups (broad SMARTS) is 1. The van der Waals surface area contributed by atoms with Gasteiger partial charge in [-0.05, 0) is 5.56 Å². The smallest absolute Gasteiger partial charge is 0.325 e. The normalized spacial score (nSPS) is 32.1. The zero-order valence-electron chi connectivity index (χ0n) is 9.20. The number of nitrogens with two attached hydrogens (primary N) is 1. The molecule has 3 unspecified atom stereocenters. The van der Waals surface area contributed by atoms with E-state index in [0.717, 1.165) is 6.26 Å². The predicted octanol–water partition coefficient (Wildman–Crippen LogP) is -0.0209. The van der Waals surface area contributed by atoms with E-state index in [1.165, 1.54) is 0 Å². The van der Waals surface area contributed by atoms with Crippen molar-refractivity contribution in [1.82, 2.24) is 0 Å². The highest BCUT2D eigenvalue weighted by molar-refractivity contribution is 7.91. The van der Waals surface area contributed by atoms with Crippen molar-refractivity contribution in [2.24, 2.45) is 5.73 Å². The summed E-state index contributed by atoms with van der Waals surface area (Å²) >= 11 is 0. The number of sulfone groups is 1. The first kappa shape index (κ1) is 12.1. The van der Waals surface area contributed by atoms with Crippen LogP contribution in [0.2, 0.25) is 0 Å². The van der Waals surface area contributed by atoms with Crippen molar-refractivity contribution >= 4 is 15.8 Å². The molecule has 0 saturated heterocycles. The third-order valence-corrected chi connectivity index (χ3v) is 4.75. The molecule has 0 spiro atoms. The van der Waals surface area contributed by atoms with E-state index in [1.807, 2.05) is 0 Å². The minimum Gasteiger partial charge on any atom is -0.480 e.